The van der Waals surface area contributed by atoms with Crippen molar-refractivity contribution in [1.82, 2.24) is 0 Å². The molecule has 0 aliphatic heterocycles. The second-order valence-corrected chi connectivity index (χ2v) is 10.6. The van der Waals surface area contributed by atoms with Crippen LogP contribution in [-0.4, -0.2) is 11.1 Å². The fraction of sp³-hybridized carbons (Fsp3) is 0.917. The van der Waals surface area contributed by atoms with Crippen molar-refractivity contribution in [3.63, 3.8) is 0 Å². The summed E-state index contributed by atoms with van der Waals surface area (Å²) in [5, 5.41) is 0. The first-order chi connectivity index (χ1) is 13.1. The van der Waals surface area contributed by atoms with Crippen molar-refractivity contribution < 1.29 is 9.46 Å². The van der Waals surface area contributed by atoms with Gasteiger partial charge in [0.15, 0.2) is 0 Å². The Kier molecular flexibility index (Phi) is 20.6. The molecule has 0 aliphatic carbocycles. The maximum absolute atomic E-state index is 12.0. The van der Waals surface area contributed by atoms with Gasteiger partial charge in [0.2, 0.25) is 7.37 Å². The van der Waals surface area contributed by atoms with E-state index in [1.165, 1.54) is 89.9 Å². The van der Waals surface area contributed by atoms with Crippen LogP contribution in [0, 0.1) is 0 Å². The Bertz CT molecular complexity index is 365. The van der Waals surface area contributed by atoms with Crippen LogP contribution in [0.1, 0.15) is 136 Å². The van der Waals surface area contributed by atoms with Crippen LogP contribution < -0.4 is 0 Å². The lowest BCUT2D eigenvalue weighted by Gasteiger charge is -2.07. The molecule has 0 aromatic carbocycles. The van der Waals surface area contributed by atoms with Crippen molar-refractivity contribution in [2.24, 2.45) is 0 Å². The molecule has 2 nitrogen and oxygen atoms in total. The highest BCUT2D eigenvalue weighted by Crippen LogP contribution is 2.43. The van der Waals surface area contributed by atoms with Crippen molar-refractivity contribution in [2.45, 2.75) is 136 Å². The minimum atomic E-state index is -3.00. The van der Waals surface area contributed by atoms with Gasteiger partial charge in [0.05, 0.1) is 0 Å². The van der Waals surface area contributed by atoms with Crippen LogP contribution in [0.25, 0.3) is 0 Å². The SMILES string of the molecule is CCCCC=CP(=O)(O)CCCCCCCCCCCCCCCCCC. The summed E-state index contributed by atoms with van der Waals surface area (Å²) in [7, 11) is -3.00. The van der Waals surface area contributed by atoms with Gasteiger partial charge in [-0.1, -0.05) is 129 Å². The van der Waals surface area contributed by atoms with E-state index < -0.39 is 7.37 Å². The molecular weight excluding hydrogens is 351 g/mol. The zero-order chi connectivity index (χ0) is 20.1. The topological polar surface area (TPSA) is 37.3 Å². The molecule has 0 fully saturated rings. The van der Waals surface area contributed by atoms with E-state index in [9.17, 15) is 9.46 Å². The molecule has 162 valence electrons. The highest BCUT2D eigenvalue weighted by Gasteiger charge is 2.12. The van der Waals surface area contributed by atoms with Gasteiger partial charge < -0.3 is 4.89 Å². The third kappa shape index (κ3) is 22.1. The van der Waals surface area contributed by atoms with Crippen LogP contribution in [0.3, 0.4) is 0 Å². The van der Waals surface area contributed by atoms with Gasteiger partial charge in [-0.05, 0) is 18.7 Å². The molecule has 0 amide bonds. The van der Waals surface area contributed by atoms with E-state index in [1.54, 1.807) is 5.82 Å². The van der Waals surface area contributed by atoms with Crippen LogP contribution in [0.5, 0.6) is 0 Å². The highest BCUT2D eigenvalue weighted by atomic mass is 31.2. The third-order valence-corrected chi connectivity index (χ3v) is 7.03. The third-order valence-electron chi connectivity index (χ3n) is 5.39. The molecule has 0 saturated heterocycles. The Morgan fingerprint density at radius 2 is 0.963 bits per heavy atom. The van der Waals surface area contributed by atoms with Gasteiger partial charge in [0, 0.05) is 6.16 Å². The second-order valence-electron chi connectivity index (χ2n) is 8.31. The van der Waals surface area contributed by atoms with E-state index in [0.29, 0.717) is 6.16 Å². The lowest BCUT2D eigenvalue weighted by molar-refractivity contribution is 0.483. The Morgan fingerprint density at radius 1 is 0.593 bits per heavy atom. The first-order valence-corrected chi connectivity index (χ1v) is 14.0. The van der Waals surface area contributed by atoms with E-state index in [-0.39, 0.29) is 0 Å². The summed E-state index contributed by atoms with van der Waals surface area (Å²) in [6.07, 6.45) is 26.9. The van der Waals surface area contributed by atoms with Crippen molar-refractivity contribution >= 4 is 7.37 Å². The molecule has 1 atom stereocenters. The van der Waals surface area contributed by atoms with Crippen molar-refractivity contribution in [3.05, 3.63) is 11.9 Å². The molecule has 0 heterocycles. The molecule has 0 aromatic heterocycles. The van der Waals surface area contributed by atoms with E-state index in [2.05, 4.69) is 13.8 Å². The summed E-state index contributed by atoms with van der Waals surface area (Å²) in [5.41, 5.74) is 0. The molecule has 0 bridgehead atoms. The molecule has 0 spiro atoms. The van der Waals surface area contributed by atoms with Gasteiger partial charge in [-0.25, -0.2) is 0 Å². The molecule has 0 aromatic rings. The first kappa shape index (κ1) is 26.9. The Balaban J connectivity index is 3.26. The lowest BCUT2D eigenvalue weighted by Crippen LogP contribution is -1.88. The Hall–Kier alpha value is -0.0700. The molecule has 0 saturated carbocycles. The van der Waals surface area contributed by atoms with Crippen molar-refractivity contribution in [1.29, 1.82) is 0 Å². The molecule has 1 N–H and O–H groups in total. The summed E-state index contributed by atoms with van der Waals surface area (Å²) in [6.45, 7) is 4.42. The van der Waals surface area contributed by atoms with Gasteiger partial charge in [0.1, 0.15) is 0 Å². The summed E-state index contributed by atoms with van der Waals surface area (Å²) >= 11 is 0. The smallest absolute Gasteiger partial charge is 0.222 e. The van der Waals surface area contributed by atoms with Crippen molar-refractivity contribution in [3.8, 4) is 0 Å². The molecule has 0 aliphatic rings. The van der Waals surface area contributed by atoms with Crippen LogP contribution >= 0.6 is 7.37 Å². The first-order valence-electron chi connectivity index (χ1n) is 12.1. The highest BCUT2D eigenvalue weighted by molar-refractivity contribution is 7.61. The summed E-state index contributed by atoms with van der Waals surface area (Å²) in [5.74, 6) is 1.58. The van der Waals surface area contributed by atoms with Gasteiger partial charge >= 0.3 is 0 Å². The minimum absolute atomic E-state index is 0.466. The molecular formula is C24H49O2P. The fourth-order valence-electron chi connectivity index (χ4n) is 3.52. The van der Waals surface area contributed by atoms with Gasteiger partial charge in [0.25, 0.3) is 0 Å². The van der Waals surface area contributed by atoms with E-state index in [1.807, 2.05) is 6.08 Å². The van der Waals surface area contributed by atoms with E-state index in [0.717, 1.165) is 32.1 Å². The Labute approximate surface area is 171 Å². The lowest BCUT2D eigenvalue weighted by atomic mass is 10.0. The molecule has 27 heavy (non-hydrogen) atoms. The van der Waals surface area contributed by atoms with Crippen LogP contribution in [0.4, 0.5) is 0 Å². The minimum Gasteiger partial charge on any atom is -0.341 e. The maximum Gasteiger partial charge on any atom is 0.222 e. The molecule has 0 rings (SSSR count). The zero-order valence-electron chi connectivity index (χ0n) is 18.6. The summed E-state index contributed by atoms with van der Waals surface area (Å²) in [6, 6.07) is 0. The van der Waals surface area contributed by atoms with Crippen LogP contribution in [0.2, 0.25) is 0 Å². The average molecular weight is 401 g/mol. The number of rotatable bonds is 21. The quantitative estimate of drug-likeness (QED) is 0.154. The fourth-order valence-corrected chi connectivity index (χ4v) is 4.83. The summed E-state index contributed by atoms with van der Waals surface area (Å²) < 4.78 is 12.0. The standard InChI is InChI=1S/C24H49O2P/c1-3-5-7-9-10-11-12-13-14-15-16-17-18-19-20-22-24-27(25,26)23-21-8-6-4-2/h21,23H,3-20,22,24H2,1-2H3,(H,25,26). The zero-order valence-corrected chi connectivity index (χ0v) is 19.5. The maximum atomic E-state index is 12.0. The number of hydrogen-bond donors (Lipinski definition) is 1. The number of hydrogen-bond acceptors (Lipinski definition) is 1. The molecule has 0 radical (unpaired) electrons. The van der Waals surface area contributed by atoms with Crippen molar-refractivity contribution in [2.75, 3.05) is 6.16 Å². The predicted molar refractivity (Wildman–Crippen MR) is 123 cm³/mol. The van der Waals surface area contributed by atoms with Gasteiger partial charge in [-0.15, -0.1) is 0 Å². The molecule has 3 heteroatoms. The monoisotopic (exact) mass is 400 g/mol. The average Bonchev–Trinajstić information content (AvgIpc) is 2.65. The predicted octanol–water partition coefficient (Wildman–Crippen LogP) is 9.22. The van der Waals surface area contributed by atoms with E-state index >= 15 is 0 Å². The van der Waals surface area contributed by atoms with Gasteiger partial charge in [-0.2, -0.15) is 0 Å². The normalized spacial score (nSPS) is 14.0. The number of allylic oxidation sites excluding steroid dienone is 1. The summed E-state index contributed by atoms with van der Waals surface area (Å²) in [4.78, 5) is 9.90. The number of unbranched alkanes of at least 4 members (excludes halogenated alkanes) is 17. The largest absolute Gasteiger partial charge is 0.341 e. The van der Waals surface area contributed by atoms with Crippen LogP contribution in [-0.2, 0) is 4.57 Å². The second kappa shape index (κ2) is 20.7. The van der Waals surface area contributed by atoms with Gasteiger partial charge in [-0.3, -0.25) is 4.57 Å². The molecule has 1 unspecified atom stereocenters. The van der Waals surface area contributed by atoms with E-state index in [4.69, 9.17) is 0 Å². The Morgan fingerprint density at radius 3 is 1.37 bits per heavy atom. The van der Waals surface area contributed by atoms with Crippen LogP contribution in [0.15, 0.2) is 11.9 Å².